The molecule has 0 saturated carbocycles. The van der Waals surface area contributed by atoms with Crippen molar-refractivity contribution in [2.24, 2.45) is 0 Å². The summed E-state index contributed by atoms with van der Waals surface area (Å²) in [6.45, 7) is 3.45. The van der Waals surface area contributed by atoms with E-state index in [4.69, 9.17) is 0 Å². The molecule has 0 saturated heterocycles. The number of thiazole rings is 1. The number of aryl methyl sites for hydroxylation is 1. The van der Waals surface area contributed by atoms with E-state index in [1.165, 1.54) is 10.6 Å². The second kappa shape index (κ2) is 5.89. The lowest BCUT2D eigenvalue weighted by molar-refractivity contribution is 0.592. The number of nitrogens with zero attached hydrogens (tertiary/aromatic N) is 2. The molecule has 2 aromatic rings. The van der Waals surface area contributed by atoms with E-state index in [0.717, 1.165) is 47.0 Å². The number of rotatable bonds is 4. The fourth-order valence-corrected chi connectivity index (χ4v) is 4.49. The number of hydrogen-bond acceptors (Lipinski definition) is 5. The maximum absolute atomic E-state index is 11.9. The van der Waals surface area contributed by atoms with Crippen LogP contribution < -0.4 is 9.62 Å². The molecular weight excluding hydrogens is 318 g/mol. The second-order valence-electron chi connectivity index (χ2n) is 5.35. The Labute approximate surface area is 135 Å². The Hall–Kier alpha value is -1.60. The van der Waals surface area contributed by atoms with Crippen LogP contribution in [-0.4, -0.2) is 32.7 Å². The Balaban J connectivity index is 1.96. The van der Waals surface area contributed by atoms with Gasteiger partial charge in [-0.15, -0.1) is 11.3 Å². The highest BCUT2D eigenvalue weighted by molar-refractivity contribution is 7.92. The normalized spacial score (nSPS) is 14.7. The van der Waals surface area contributed by atoms with Gasteiger partial charge in [0.1, 0.15) is 0 Å². The average Bonchev–Trinajstić information content (AvgIpc) is 2.94. The fourth-order valence-electron chi connectivity index (χ4n) is 2.71. The van der Waals surface area contributed by atoms with E-state index >= 15 is 0 Å². The van der Waals surface area contributed by atoms with Crippen molar-refractivity contribution in [3.8, 4) is 11.3 Å². The van der Waals surface area contributed by atoms with Crippen LogP contribution >= 0.6 is 11.3 Å². The molecule has 2 heterocycles. The van der Waals surface area contributed by atoms with Crippen LogP contribution in [0.3, 0.4) is 0 Å². The van der Waals surface area contributed by atoms with Crippen molar-refractivity contribution in [3.63, 3.8) is 0 Å². The molecule has 3 rings (SSSR count). The third kappa shape index (κ3) is 2.96. The Morgan fingerprint density at radius 3 is 2.95 bits per heavy atom. The maximum Gasteiger partial charge on any atom is 0.232 e. The van der Waals surface area contributed by atoms with E-state index in [9.17, 15) is 8.42 Å². The Morgan fingerprint density at radius 1 is 1.41 bits per heavy atom. The number of fused-ring (bicyclic) bond motifs is 1. The number of anilines is 2. The van der Waals surface area contributed by atoms with Crippen LogP contribution in [-0.2, 0) is 16.4 Å². The molecule has 22 heavy (non-hydrogen) atoms. The number of benzene rings is 1. The Bertz CT molecular complexity index is 784. The largest absolute Gasteiger partial charge is 0.362 e. The topological polar surface area (TPSA) is 62.3 Å². The molecule has 0 amide bonds. The molecule has 1 aliphatic rings. The van der Waals surface area contributed by atoms with Crippen LogP contribution in [0, 0.1) is 0 Å². The van der Waals surface area contributed by atoms with E-state index in [-0.39, 0.29) is 0 Å². The quantitative estimate of drug-likeness (QED) is 0.932. The minimum Gasteiger partial charge on any atom is -0.362 e. The van der Waals surface area contributed by atoms with Gasteiger partial charge in [-0.05, 0) is 37.5 Å². The van der Waals surface area contributed by atoms with Crippen molar-refractivity contribution < 1.29 is 8.42 Å². The third-order valence-corrected chi connectivity index (χ3v) is 5.66. The van der Waals surface area contributed by atoms with E-state index in [2.05, 4.69) is 16.4 Å². The first-order valence-electron chi connectivity index (χ1n) is 7.29. The van der Waals surface area contributed by atoms with Gasteiger partial charge in [0, 0.05) is 24.0 Å². The first-order valence-corrected chi connectivity index (χ1v) is 10.0. The van der Waals surface area contributed by atoms with Gasteiger partial charge in [0.2, 0.25) is 10.0 Å². The van der Waals surface area contributed by atoms with Crippen LogP contribution in [0.2, 0.25) is 0 Å². The fraction of sp³-hybridized carbons (Fsp3) is 0.400. The van der Waals surface area contributed by atoms with Crippen LogP contribution in [0.25, 0.3) is 11.3 Å². The maximum atomic E-state index is 11.9. The first kappa shape index (κ1) is 15.3. The molecule has 1 aromatic carbocycles. The lowest BCUT2D eigenvalue weighted by atomic mass is 10.00. The summed E-state index contributed by atoms with van der Waals surface area (Å²) in [5.41, 5.74) is 3.85. The summed E-state index contributed by atoms with van der Waals surface area (Å²) in [4.78, 5) is 4.56. The molecule has 1 aromatic heterocycles. The van der Waals surface area contributed by atoms with Gasteiger partial charge in [-0.25, -0.2) is 13.4 Å². The summed E-state index contributed by atoms with van der Waals surface area (Å²) in [6, 6.07) is 5.92. The van der Waals surface area contributed by atoms with Crippen LogP contribution in [0.5, 0.6) is 0 Å². The SMILES string of the molecule is CCNc1nc(-c2ccc3c(c2)CCCN3S(C)(=O)=O)cs1. The zero-order valence-corrected chi connectivity index (χ0v) is 14.3. The van der Waals surface area contributed by atoms with E-state index in [0.29, 0.717) is 6.54 Å². The molecule has 0 unspecified atom stereocenters. The minimum atomic E-state index is -3.21. The average molecular weight is 337 g/mol. The molecule has 0 bridgehead atoms. The van der Waals surface area contributed by atoms with Crippen molar-refractivity contribution in [1.82, 2.24) is 4.98 Å². The molecule has 0 atom stereocenters. The van der Waals surface area contributed by atoms with Crippen molar-refractivity contribution in [2.75, 3.05) is 29.0 Å². The predicted octanol–water partition coefficient (Wildman–Crippen LogP) is 2.95. The standard InChI is InChI=1S/C15H19N3O2S2/c1-3-16-15-17-13(10-21-15)11-6-7-14-12(9-11)5-4-8-18(14)22(2,19)20/h6-7,9-10H,3-5,8H2,1-2H3,(H,16,17). The molecule has 1 N–H and O–H groups in total. The highest BCUT2D eigenvalue weighted by atomic mass is 32.2. The summed E-state index contributed by atoms with van der Waals surface area (Å²) < 4.78 is 25.3. The Kier molecular flexibility index (Phi) is 4.10. The number of sulfonamides is 1. The van der Waals surface area contributed by atoms with Crippen LogP contribution in [0.4, 0.5) is 10.8 Å². The molecular formula is C15H19N3O2S2. The molecule has 0 fully saturated rings. The smallest absolute Gasteiger partial charge is 0.232 e. The van der Waals surface area contributed by atoms with Crippen molar-refractivity contribution in [2.45, 2.75) is 19.8 Å². The zero-order chi connectivity index (χ0) is 15.7. The minimum absolute atomic E-state index is 0.562. The molecule has 7 heteroatoms. The summed E-state index contributed by atoms with van der Waals surface area (Å²) in [5, 5.41) is 6.14. The highest BCUT2D eigenvalue weighted by Crippen LogP contribution is 2.33. The molecule has 0 spiro atoms. The van der Waals surface area contributed by atoms with Crippen molar-refractivity contribution >= 4 is 32.2 Å². The zero-order valence-electron chi connectivity index (χ0n) is 12.7. The summed E-state index contributed by atoms with van der Waals surface area (Å²) in [7, 11) is -3.21. The van der Waals surface area contributed by atoms with Gasteiger partial charge in [0.05, 0.1) is 17.6 Å². The van der Waals surface area contributed by atoms with Gasteiger partial charge in [-0.1, -0.05) is 6.07 Å². The summed E-state index contributed by atoms with van der Waals surface area (Å²) in [6.07, 6.45) is 3.02. The first-order chi connectivity index (χ1) is 10.5. The Morgan fingerprint density at radius 2 is 2.23 bits per heavy atom. The lowest BCUT2D eigenvalue weighted by Crippen LogP contribution is -2.34. The van der Waals surface area contributed by atoms with E-state index in [1.54, 1.807) is 11.3 Å². The van der Waals surface area contributed by atoms with E-state index < -0.39 is 10.0 Å². The molecule has 118 valence electrons. The van der Waals surface area contributed by atoms with E-state index in [1.807, 2.05) is 24.4 Å². The van der Waals surface area contributed by atoms with Gasteiger partial charge >= 0.3 is 0 Å². The summed E-state index contributed by atoms with van der Waals surface area (Å²) >= 11 is 1.58. The number of nitrogens with one attached hydrogen (secondary N) is 1. The van der Waals surface area contributed by atoms with Gasteiger partial charge in [-0.3, -0.25) is 4.31 Å². The molecule has 5 nitrogen and oxygen atoms in total. The molecule has 0 radical (unpaired) electrons. The van der Waals surface area contributed by atoms with Crippen LogP contribution in [0.15, 0.2) is 23.6 Å². The molecule has 1 aliphatic heterocycles. The van der Waals surface area contributed by atoms with Gasteiger partial charge in [-0.2, -0.15) is 0 Å². The molecule has 0 aliphatic carbocycles. The predicted molar refractivity (Wildman–Crippen MR) is 92.2 cm³/mol. The third-order valence-electron chi connectivity index (χ3n) is 3.68. The van der Waals surface area contributed by atoms with Crippen molar-refractivity contribution in [1.29, 1.82) is 0 Å². The highest BCUT2D eigenvalue weighted by Gasteiger charge is 2.24. The van der Waals surface area contributed by atoms with Crippen molar-refractivity contribution in [3.05, 3.63) is 29.1 Å². The van der Waals surface area contributed by atoms with Gasteiger partial charge in [0.15, 0.2) is 5.13 Å². The number of hydrogen-bond donors (Lipinski definition) is 1. The summed E-state index contributed by atoms with van der Waals surface area (Å²) in [5.74, 6) is 0. The van der Waals surface area contributed by atoms with Gasteiger partial charge in [0.25, 0.3) is 0 Å². The van der Waals surface area contributed by atoms with Crippen LogP contribution in [0.1, 0.15) is 18.9 Å². The second-order valence-corrected chi connectivity index (χ2v) is 8.12. The monoisotopic (exact) mass is 337 g/mol. The number of aromatic nitrogens is 1. The van der Waals surface area contributed by atoms with Gasteiger partial charge < -0.3 is 5.32 Å². The lowest BCUT2D eigenvalue weighted by Gasteiger charge is -2.29.